The van der Waals surface area contributed by atoms with Crippen molar-refractivity contribution >= 4 is 110 Å². The van der Waals surface area contributed by atoms with Gasteiger partial charge in [-0.1, -0.05) is 58.0 Å². The Labute approximate surface area is 284 Å². The molecule has 0 bridgehead atoms. The fourth-order valence-electron chi connectivity index (χ4n) is 4.41. The Morgan fingerprint density at radius 2 is 1.50 bits per heavy atom. The predicted octanol–water partition coefficient (Wildman–Crippen LogP) is 7.58. The molecule has 0 aliphatic carbocycles. The number of rotatable bonds is 11. The summed E-state index contributed by atoms with van der Waals surface area (Å²) in [7, 11) is 1.54. The lowest BCUT2D eigenvalue weighted by Gasteiger charge is -2.25. The predicted molar refractivity (Wildman–Crippen MR) is 179 cm³/mol. The van der Waals surface area contributed by atoms with Gasteiger partial charge in [0.15, 0.2) is 5.11 Å². The number of hydrogen-bond acceptors (Lipinski definition) is 7. The van der Waals surface area contributed by atoms with Gasteiger partial charge >= 0.3 is 5.97 Å². The maximum absolute atomic E-state index is 13.8. The van der Waals surface area contributed by atoms with Crippen LogP contribution in [0, 0.1) is 0 Å². The van der Waals surface area contributed by atoms with Crippen molar-refractivity contribution in [1.29, 1.82) is 0 Å². The summed E-state index contributed by atoms with van der Waals surface area (Å²) in [4.78, 5) is 42.0. The number of hydrogen-bond donors (Lipinski definition) is 2. The first kappa shape index (κ1) is 33.9. The average Bonchev–Trinajstić information content (AvgIpc) is 3.24. The van der Waals surface area contributed by atoms with E-state index in [1.165, 1.54) is 17.0 Å². The Bertz CT molecular complexity index is 1560. The van der Waals surface area contributed by atoms with Gasteiger partial charge in [0.25, 0.3) is 5.91 Å². The first-order valence-corrected chi connectivity index (χ1v) is 15.4. The molecule has 0 saturated carbocycles. The van der Waals surface area contributed by atoms with Gasteiger partial charge in [-0.25, -0.2) is 4.79 Å². The molecule has 1 fully saturated rings. The molecule has 232 valence electrons. The number of carbonyl (C=O) groups is 3. The lowest BCUT2D eigenvalue weighted by atomic mass is 10.1. The Hall–Kier alpha value is -2.99. The molecular weight excluding hydrogens is 694 g/mol. The van der Waals surface area contributed by atoms with Gasteiger partial charge in [-0.15, -0.1) is 0 Å². The van der Waals surface area contributed by atoms with E-state index >= 15 is 0 Å². The second-order valence-corrected chi connectivity index (χ2v) is 11.5. The zero-order valence-electron chi connectivity index (χ0n) is 23.3. The highest BCUT2D eigenvalue weighted by molar-refractivity contribution is 7.80. The third kappa shape index (κ3) is 7.28. The van der Waals surface area contributed by atoms with Crippen LogP contribution in [0.4, 0.5) is 17.1 Å². The molecule has 0 radical (unpaired) electrons. The van der Waals surface area contributed by atoms with E-state index in [1.807, 2.05) is 0 Å². The Kier molecular flexibility index (Phi) is 11.4. The van der Waals surface area contributed by atoms with Crippen LogP contribution in [0.15, 0.2) is 48.5 Å². The first-order valence-electron chi connectivity index (χ1n) is 13.1. The summed E-state index contributed by atoms with van der Waals surface area (Å²) in [6.07, 6.45) is -0.206. The number of ether oxygens (including phenoxy) is 2. The number of halogens is 5. The highest BCUT2D eigenvalue weighted by Gasteiger charge is 2.44. The summed E-state index contributed by atoms with van der Waals surface area (Å²) < 4.78 is 10.2. The Morgan fingerprint density at radius 1 is 0.909 bits per heavy atom. The van der Waals surface area contributed by atoms with Crippen LogP contribution in [0.25, 0.3) is 0 Å². The average molecular weight is 719 g/mol. The molecule has 15 heteroatoms. The minimum Gasteiger partial charge on any atom is -0.497 e. The van der Waals surface area contributed by atoms with Crippen molar-refractivity contribution in [2.45, 2.75) is 19.4 Å². The van der Waals surface area contributed by atoms with Crippen molar-refractivity contribution in [3.05, 3.63) is 79.2 Å². The number of benzene rings is 3. The fourth-order valence-corrected chi connectivity index (χ4v) is 6.10. The van der Waals surface area contributed by atoms with E-state index in [4.69, 9.17) is 79.7 Å². The molecule has 2 amide bonds. The zero-order valence-corrected chi connectivity index (χ0v) is 27.9. The minimum absolute atomic E-state index is 0.0211. The molecule has 1 aliphatic heterocycles. The number of nitrogens with zero attached hydrogens (tertiary/aromatic N) is 2. The van der Waals surface area contributed by atoms with Crippen LogP contribution in [-0.4, -0.2) is 60.6 Å². The number of carbonyl (C=O) groups excluding carboxylic acids is 3. The van der Waals surface area contributed by atoms with Crippen molar-refractivity contribution in [3.63, 3.8) is 0 Å². The third-order valence-electron chi connectivity index (χ3n) is 6.57. The van der Waals surface area contributed by atoms with Gasteiger partial charge in [-0.3, -0.25) is 14.5 Å². The molecule has 0 unspecified atom stereocenters. The van der Waals surface area contributed by atoms with Crippen LogP contribution in [0.1, 0.15) is 23.7 Å². The third-order valence-corrected chi connectivity index (χ3v) is 9.27. The topological polar surface area (TPSA) is 100 Å². The molecule has 44 heavy (non-hydrogen) atoms. The lowest BCUT2D eigenvalue weighted by molar-refractivity contribution is -0.124. The number of methoxy groups -OCH3 is 1. The van der Waals surface area contributed by atoms with Crippen molar-refractivity contribution in [3.8, 4) is 5.75 Å². The molecule has 1 saturated heterocycles. The molecule has 0 spiro atoms. The Balaban J connectivity index is 1.57. The summed E-state index contributed by atoms with van der Waals surface area (Å²) in [6, 6.07) is 12.1. The van der Waals surface area contributed by atoms with Crippen LogP contribution in [0.3, 0.4) is 0 Å². The van der Waals surface area contributed by atoms with Gasteiger partial charge < -0.3 is 25.0 Å². The SMILES string of the molecule is CCOC(=O)c1ccc(N2C(=O)[C@@H](CC(=O)Nc3ccc(OC)cc3)N(CCNc3c(Cl)c(Cl)c(Cl)c(Cl)c3Cl)C2=S)cc1. The van der Waals surface area contributed by atoms with E-state index in [0.717, 1.165) is 0 Å². The number of anilines is 3. The number of thiocarbonyl (C=S) groups is 1. The molecule has 3 aromatic carbocycles. The highest BCUT2D eigenvalue weighted by atomic mass is 35.5. The van der Waals surface area contributed by atoms with E-state index in [9.17, 15) is 14.4 Å². The second-order valence-electron chi connectivity index (χ2n) is 9.29. The van der Waals surface area contributed by atoms with E-state index in [-0.39, 0.29) is 62.0 Å². The first-order chi connectivity index (χ1) is 21.0. The highest BCUT2D eigenvalue weighted by Crippen LogP contribution is 2.46. The monoisotopic (exact) mass is 716 g/mol. The van der Waals surface area contributed by atoms with E-state index in [2.05, 4.69) is 10.6 Å². The van der Waals surface area contributed by atoms with Gasteiger partial charge in [0.2, 0.25) is 5.91 Å². The smallest absolute Gasteiger partial charge is 0.338 e. The van der Waals surface area contributed by atoms with Crippen molar-refractivity contribution in [2.75, 3.05) is 42.3 Å². The lowest BCUT2D eigenvalue weighted by Crippen LogP contribution is -2.40. The van der Waals surface area contributed by atoms with Crippen LogP contribution in [-0.2, 0) is 14.3 Å². The van der Waals surface area contributed by atoms with Crippen LogP contribution >= 0.6 is 70.2 Å². The van der Waals surface area contributed by atoms with Crippen LogP contribution in [0.5, 0.6) is 5.75 Å². The molecular formula is C29H25Cl5N4O5S. The zero-order chi connectivity index (χ0) is 32.1. The maximum atomic E-state index is 13.8. The summed E-state index contributed by atoms with van der Waals surface area (Å²) in [5.41, 5.74) is 1.53. The number of amides is 2. The largest absolute Gasteiger partial charge is 0.497 e. The van der Waals surface area contributed by atoms with E-state index in [1.54, 1.807) is 55.3 Å². The standard InChI is InChI=1S/C29H25Cl5N4O5S/c1-3-43-28(41)15-4-8-17(9-5-15)38-27(40)19(14-20(39)36-16-6-10-18(42-2)11-7-16)37(29(38)44)13-12-35-26-24(33)22(31)21(30)23(32)25(26)34/h4-11,19,35H,3,12-14H2,1-2H3,(H,36,39)/t19-/m1/s1. The van der Waals surface area contributed by atoms with Gasteiger partial charge in [-0.05, 0) is 67.7 Å². The second kappa shape index (κ2) is 14.9. The van der Waals surface area contributed by atoms with Gasteiger partial charge in [-0.2, -0.15) is 0 Å². The van der Waals surface area contributed by atoms with Gasteiger partial charge in [0.05, 0.1) is 62.2 Å². The Morgan fingerprint density at radius 3 is 2.07 bits per heavy atom. The van der Waals surface area contributed by atoms with E-state index < -0.39 is 23.8 Å². The molecule has 0 aromatic heterocycles. The number of esters is 1. The summed E-state index contributed by atoms with van der Waals surface area (Å²) in [5.74, 6) is -0.686. The fraction of sp³-hybridized carbons (Fsp3) is 0.241. The summed E-state index contributed by atoms with van der Waals surface area (Å²) in [5, 5.41) is 6.26. The molecule has 1 heterocycles. The van der Waals surface area contributed by atoms with Gasteiger partial charge in [0.1, 0.15) is 11.8 Å². The molecule has 4 rings (SSSR count). The summed E-state index contributed by atoms with van der Waals surface area (Å²) in [6.45, 7) is 2.27. The molecule has 1 atom stereocenters. The molecule has 2 N–H and O–H groups in total. The molecule has 9 nitrogen and oxygen atoms in total. The summed E-state index contributed by atoms with van der Waals surface area (Å²) >= 11 is 36.9. The minimum atomic E-state index is -0.949. The van der Waals surface area contributed by atoms with E-state index in [0.29, 0.717) is 22.7 Å². The van der Waals surface area contributed by atoms with Crippen LogP contribution < -0.4 is 20.3 Å². The maximum Gasteiger partial charge on any atom is 0.338 e. The number of nitrogens with one attached hydrogen (secondary N) is 2. The van der Waals surface area contributed by atoms with Crippen LogP contribution in [0.2, 0.25) is 25.1 Å². The normalized spacial score (nSPS) is 14.6. The molecule has 1 aliphatic rings. The van der Waals surface area contributed by atoms with Crippen molar-refractivity contribution in [2.24, 2.45) is 0 Å². The van der Waals surface area contributed by atoms with Crippen molar-refractivity contribution < 1.29 is 23.9 Å². The van der Waals surface area contributed by atoms with Gasteiger partial charge in [0, 0.05) is 18.8 Å². The van der Waals surface area contributed by atoms with Crippen molar-refractivity contribution in [1.82, 2.24) is 4.90 Å². The quantitative estimate of drug-likeness (QED) is 0.0907. The molecule has 3 aromatic rings.